The molecule has 1 fully saturated rings. The van der Waals surface area contributed by atoms with Gasteiger partial charge in [-0.1, -0.05) is 140 Å². The third kappa shape index (κ3) is 12.0. The average Bonchev–Trinajstić information content (AvgIpc) is 3.35. The first-order valence-electron chi connectivity index (χ1n) is 21.8. The lowest BCUT2D eigenvalue weighted by Gasteiger charge is -2.43. The minimum atomic E-state index is -4.74. The second kappa shape index (κ2) is 21.2. The molecule has 1 aliphatic heterocycles. The summed E-state index contributed by atoms with van der Waals surface area (Å²) in [5.41, 5.74) is -3.25. The highest BCUT2D eigenvalue weighted by atomic mass is 31.1. The molecule has 0 spiro atoms. The molecule has 3 atom stereocenters. The van der Waals surface area contributed by atoms with Crippen LogP contribution in [0.2, 0.25) is 0 Å². The second-order valence-corrected chi connectivity index (χ2v) is 19.9. The smallest absolute Gasteiger partial charge is 0.373 e. The minimum absolute atomic E-state index is 0.00562. The summed E-state index contributed by atoms with van der Waals surface area (Å²) in [6, 6.07) is 43.5. The monoisotopic (exact) mass is 1030 g/mol. The molecule has 1 heterocycles. The van der Waals surface area contributed by atoms with Crippen molar-refractivity contribution >= 4 is 37.5 Å². The first-order valence-corrected chi connectivity index (χ1v) is 24.3. The summed E-state index contributed by atoms with van der Waals surface area (Å²) in [5, 5.41) is 0.651. The third-order valence-electron chi connectivity index (χ3n) is 11.7. The lowest BCUT2D eigenvalue weighted by molar-refractivity contribution is -0.149. The molecule has 0 radical (unpaired) electrons. The van der Waals surface area contributed by atoms with Gasteiger partial charge in [0, 0.05) is 27.8 Å². The summed E-state index contributed by atoms with van der Waals surface area (Å²) in [7, 11) is -4.63. The van der Waals surface area contributed by atoms with Crippen molar-refractivity contribution in [1.29, 1.82) is 0 Å². The fourth-order valence-corrected chi connectivity index (χ4v) is 11.9. The summed E-state index contributed by atoms with van der Waals surface area (Å²) in [5.74, 6) is 0. The highest BCUT2D eigenvalue weighted by Gasteiger charge is 2.45. The van der Waals surface area contributed by atoms with Gasteiger partial charge in [-0.05, 0) is 71.6 Å². The number of hydrogen-bond donors (Lipinski definition) is 0. The molecule has 4 nitrogen and oxygen atoms in total. The van der Waals surface area contributed by atoms with E-state index in [0.717, 1.165) is 97.1 Å². The molecule has 1 aliphatic rings. The van der Waals surface area contributed by atoms with Crippen LogP contribution in [0.1, 0.15) is 45.4 Å². The highest BCUT2D eigenvalue weighted by Crippen LogP contribution is 2.48. The van der Waals surface area contributed by atoms with Gasteiger partial charge in [-0.25, -0.2) is 0 Å². The first kappa shape index (κ1) is 51.7. The van der Waals surface area contributed by atoms with Crippen LogP contribution < -0.4 is 21.2 Å². The Kier molecular flexibility index (Phi) is 15.5. The summed E-state index contributed by atoms with van der Waals surface area (Å²) < 4.78 is 194. The predicted octanol–water partition coefficient (Wildman–Crippen LogP) is 13.7. The number of rotatable bonds is 14. The van der Waals surface area contributed by atoms with E-state index < -0.39 is 87.2 Å². The molecule has 0 bridgehead atoms. The van der Waals surface area contributed by atoms with Gasteiger partial charge in [0.25, 0.3) is 0 Å². The Balaban J connectivity index is 1.27. The quantitative estimate of drug-likeness (QED) is 0.0618. The topological polar surface area (TPSA) is 36.9 Å². The standard InChI is InChI=1S/C53H40F12O4P2/c54-50(55,56)38-16-24-42(25-17-38)70(43-26-18-39(19-27-43)51(57,58)59)68-46-32-33-66-47(34-67-49(35-10-4-1-5-11-35,36-12-6-2-7-13-36)37-14-8-3-9-15-37)48(46)69-71(44-28-20-40(21-29-44)52(60,61)62)45-30-22-41(23-31-45)53(63,64)65/h1-31,46-48H,32-34H2/t46-,47-,48+/m1/s1. The van der Waals surface area contributed by atoms with Gasteiger partial charge in [-0.15, -0.1) is 0 Å². The van der Waals surface area contributed by atoms with Gasteiger partial charge in [0.15, 0.2) is 0 Å². The number of benzene rings is 7. The van der Waals surface area contributed by atoms with Crippen LogP contribution in [-0.4, -0.2) is 31.5 Å². The third-order valence-corrected chi connectivity index (χ3v) is 15.7. The van der Waals surface area contributed by atoms with Gasteiger partial charge in [0.05, 0.1) is 51.3 Å². The Labute approximate surface area is 402 Å². The molecule has 0 amide bonds. The van der Waals surface area contributed by atoms with E-state index in [0.29, 0.717) is 16.7 Å². The van der Waals surface area contributed by atoms with Crippen LogP contribution in [0.5, 0.6) is 0 Å². The van der Waals surface area contributed by atoms with Gasteiger partial charge < -0.3 is 18.5 Å². The molecule has 0 aromatic heterocycles. The Morgan fingerprint density at radius 1 is 0.380 bits per heavy atom. The fourth-order valence-electron chi connectivity index (χ4n) is 8.14. The molecule has 0 saturated carbocycles. The molecule has 7 aromatic rings. The van der Waals surface area contributed by atoms with Crippen LogP contribution in [0.3, 0.4) is 0 Å². The zero-order valence-electron chi connectivity index (χ0n) is 36.8. The number of hydrogen-bond acceptors (Lipinski definition) is 4. The molecule has 71 heavy (non-hydrogen) atoms. The lowest BCUT2D eigenvalue weighted by Crippen LogP contribution is -2.51. The zero-order valence-corrected chi connectivity index (χ0v) is 38.6. The van der Waals surface area contributed by atoms with E-state index in [4.69, 9.17) is 18.5 Å². The van der Waals surface area contributed by atoms with Crippen molar-refractivity contribution in [2.24, 2.45) is 0 Å². The SMILES string of the molecule is FC(F)(F)c1ccc(P(O[C@@H]2[C@@H](COC(c3ccccc3)(c3ccccc3)c3ccccc3)OCC[C@H]2OP(c2ccc(C(F)(F)F)cc2)c2ccc(C(F)(F)F)cc2)c2ccc(C(F)(F)F)cc2)cc1. The normalized spacial score (nSPS) is 17.2. The molecule has 1 saturated heterocycles. The first-order chi connectivity index (χ1) is 33.7. The lowest BCUT2D eigenvalue weighted by atomic mass is 9.80. The van der Waals surface area contributed by atoms with Crippen molar-refractivity contribution < 1.29 is 71.2 Å². The fraction of sp³-hybridized carbons (Fsp3) is 0.208. The molecule has 0 N–H and O–H groups in total. The minimum Gasteiger partial charge on any atom is -0.373 e. The van der Waals surface area contributed by atoms with Crippen LogP contribution in [0.4, 0.5) is 52.7 Å². The van der Waals surface area contributed by atoms with Crippen molar-refractivity contribution in [3.05, 3.63) is 227 Å². The van der Waals surface area contributed by atoms with Crippen LogP contribution in [0.15, 0.2) is 188 Å². The highest BCUT2D eigenvalue weighted by molar-refractivity contribution is 7.69. The molecule has 8 rings (SSSR count). The van der Waals surface area contributed by atoms with Crippen molar-refractivity contribution in [2.75, 3.05) is 13.2 Å². The summed E-state index contributed by atoms with van der Waals surface area (Å²) in [6.07, 6.45) is -22.5. The van der Waals surface area contributed by atoms with Crippen molar-refractivity contribution in [2.45, 2.75) is 55.0 Å². The maximum Gasteiger partial charge on any atom is 0.416 e. The van der Waals surface area contributed by atoms with Crippen LogP contribution in [0, 0.1) is 0 Å². The molecule has 0 unspecified atom stereocenters. The largest absolute Gasteiger partial charge is 0.416 e. The molecular formula is C53H40F12O4P2. The van der Waals surface area contributed by atoms with Crippen molar-refractivity contribution in [3.8, 4) is 0 Å². The second-order valence-electron chi connectivity index (χ2n) is 16.3. The number of alkyl halides is 12. The summed E-state index contributed by atoms with van der Waals surface area (Å²) in [6.45, 7) is -0.347. The Hall–Kier alpha value is -5.60. The maximum absolute atomic E-state index is 13.9. The maximum atomic E-state index is 13.9. The molecule has 7 aromatic carbocycles. The van der Waals surface area contributed by atoms with Crippen molar-refractivity contribution in [3.63, 3.8) is 0 Å². The Morgan fingerprint density at radius 3 is 0.972 bits per heavy atom. The van der Waals surface area contributed by atoms with E-state index in [1.807, 2.05) is 91.0 Å². The van der Waals surface area contributed by atoms with Gasteiger partial charge in [0.2, 0.25) is 0 Å². The van der Waals surface area contributed by atoms with E-state index in [2.05, 4.69) is 0 Å². The number of ether oxygens (including phenoxy) is 2. The summed E-state index contributed by atoms with van der Waals surface area (Å²) >= 11 is 0. The van der Waals surface area contributed by atoms with E-state index in [-0.39, 0.29) is 40.9 Å². The van der Waals surface area contributed by atoms with Crippen LogP contribution in [-0.2, 0) is 48.8 Å². The predicted molar refractivity (Wildman–Crippen MR) is 247 cm³/mol. The van der Waals surface area contributed by atoms with Gasteiger partial charge in [-0.2, -0.15) is 52.7 Å². The zero-order chi connectivity index (χ0) is 50.6. The summed E-state index contributed by atoms with van der Waals surface area (Å²) in [4.78, 5) is 0. The number of halogens is 12. The van der Waals surface area contributed by atoms with E-state index in [1.54, 1.807) is 0 Å². The van der Waals surface area contributed by atoms with E-state index >= 15 is 0 Å². The molecule has 370 valence electrons. The molecular weight excluding hydrogens is 991 g/mol. The van der Waals surface area contributed by atoms with E-state index in [9.17, 15) is 52.7 Å². The molecule has 18 heteroatoms. The van der Waals surface area contributed by atoms with E-state index in [1.165, 1.54) is 0 Å². The molecule has 0 aliphatic carbocycles. The van der Waals surface area contributed by atoms with Gasteiger partial charge >= 0.3 is 24.7 Å². The Bertz CT molecular complexity index is 2580. The van der Waals surface area contributed by atoms with Crippen molar-refractivity contribution in [1.82, 2.24) is 0 Å². The average molecular weight is 1030 g/mol. The van der Waals surface area contributed by atoms with Crippen LogP contribution >= 0.6 is 16.3 Å². The van der Waals surface area contributed by atoms with Gasteiger partial charge in [-0.3, -0.25) is 0 Å². The van der Waals surface area contributed by atoms with Crippen LogP contribution in [0.25, 0.3) is 0 Å². The Morgan fingerprint density at radius 2 is 0.676 bits per heavy atom. The van der Waals surface area contributed by atoms with Gasteiger partial charge in [0.1, 0.15) is 17.8 Å².